The number of para-hydroxylation sites is 1. The highest BCUT2D eigenvalue weighted by Gasteiger charge is 2.17. The molecule has 0 unspecified atom stereocenters. The Balaban J connectivity index is 1.49. The second kappa shape index (κ2) is 7.51. The van der Waals surface area contributed by atoms with Gasteiger partial charge in [-0.25, -0.2) is 0 Å². The number of nitrogens with one attached hydrogen (secondary N) is 1. The molecule has 29 heavy (non-hydrogen) atoms. The van der Waals surface area contributed by atoms with E-state index in [1.807, 2.05) is 24.3 Å². The second-order valence-electron chi connectivity index (χ2n) is 6.23. The monoisotopic (exact) mass is 392 g/mol. The topological polar surface area (TPSA) is 104 Å². The van der Waals surface area contributed by atoms with E-state index in [0.29, 0.717) is 11.5 Å². The van der Waals surface area contributed by atoms with E-state index in [9.17, 15) is 14.9 Å². The van der Waals surface area contributed by atoms with Crippen molar-refractivity contribution in [1.82, 2.24) is 0 Å². The number of furan rings is 1. The zero-order valence-electron chi connectivity index (χ0n) is 15.4. The summed E-state index contributed by atoms with van der Waals surface area (Å²) in [5.74, 6) is 0.297. The van der Waals surface area contributed by atoms with Crippen molar-refractivity contribution in [3.8, 4) is 11.5 Å². The summed E-state index contributed by atoms with van der Waals surface area (Å²) in [6.45, 7) is -0.301. The van der Waals surface area contributed by atoms with Crippen LogP contribution in [0.2, 0.25) is 0 Å². The van der Waals surface area contributed by atoms with Gasteiger partial charge in [-0.15, -0.1) is 0 Å². The number of nitro groups is 1. The lowest BCUT2D eigenvalue weighted by atomic mass is 10.1. The Kier molecular flexibility index (Phi) is 4.74. The predicted octanol–water partition coefficient (Wildman–Crippen LogP) is 4.52. The lowest BCUT2D eigenvalue weighted by Gasteiger charge is -2.09. The first-order valence-electron chi connectivity index (χ1n) is 8.71. The third-order valence-electron chi connectivity index (χ3n) is 4.39. The number of hydrogen-bond acceptors (Lipinski definition) is 6. The van der Waals surface area contributed by atoms with Gasteiger partial charge >= 0.3 is 0 Å². The molecular formula is C21H16N2O6. The van der Waals surface area contributed by atoms with Gasteiger partial charge in [0.05, 0.1) is 18.1 Å². The molecule has 8 heteroatoms. The number of carbonyl (C=O) groups is 1. The summed E-state index contributed by atoms with van der Waals surface area (Å²) in [6.07, 6.45) is 0. The Hall–Kier alpha value is -4.07. The molecule has 3 aromatic carbocycles. The normalized spacial score (nSPS) is 10.8. The van der Waals surface area contributed by atoms with Crippen molar-refractivity contribution in [2.45, 2.75) is 0 Å². The minimum absolute atomic E-state index is 0.0701. The summed E-state index contributed by atoms with van der Waals surface area (Å²) in [4.78, 5) is 22.9. The molecular weight excluding hydrogens is 376 g/mol. The Labute approximate surface area is 164 Å². The molecule has 0 fully saturated rings. The van der Waals surface area contributed by atoms with Crippen LogP contribution in [0, 0.1) is 10.1 Å². The molecule has 4 aromatic rings. The number of fused-ring (bicyclic) bond motifs is 3. The summed E-state index contributed by atoms with van der Waals surface area (Å²) in [6, 6.07) is 17.1. The Morgan fingerprint density at radius 1 is 1.03 bits per heavy atom. The number of ether oxygens (including phenoxy) is 2. The van der Waals surface area contributed by atoms with E-state index in [2.05, 4.69) is 5.32 Å². The Bertz CT molecular complexity index is 1230. The largest absolute Gasteiger partial charge is 0.496 e. The van der Waals surface area contributed by atoms with Crippen LogP contribution in [0.1, 0.15) is 0 Å². The zero-order valence-corrected chi connectivity index (χ0v) is 15.4. The van der Waals surface area contributed by atoms with E-state index in [1.54, 1.807) is 18.2 Å². The maximum atomic E-state index is 12.2. The molecule has 1 heterocycles. The maximum Gasteiger partial charge on any atom is 0.296 e. The number of anilines is 1. The van der Waals surface area contributed by atoms with Crippen LogP contribution in [0.4, 0.5) is 11.4 Å². The standard InChI is InChI=1S/C21H16N2O6/c1-27-13-6-8-17(18(11-13)23(25)26)22-21(24)12-28-14-7-9-20-16(10-14)15-4-2-3-5-19(15)29-20/h2-11H,12H2,1H3,(H,22,24). The van der Waals surface area contributed by atoms with E-state index < -0.39 is 10.8 Å². The lowest BCUT2D eigenvalue weighted by molar-refractivity contribution is -0.384. The van der Waals surface area contributed by atoms with E-state index in [4.69, 9.17) is 13.9 Å². The average Bonchev–Trinajstić information content (AvgIpc) is 3.10. The number of rotatable bonds is 6. The van der Waals surface area contributed by atoms with Gasteiger partial charge < -0.3 is 19.2 Å². The summed E-state index contributed by atoms with van der Waals surface area (Å²) in [5, 5.41) is 15.5. The average molecular weight is 392 g/mol. The van der Waals surface area contributed by atoms with Crippen molar-refractivity contribution >= 4 is 39.2 Å². The molecule has 4 rings (SSSR count). The first-order chi connectivity index (χ1) is 14.0. The molecule has 8 nitrogen and oxygen atoms in total. The number of benzene rings is 3. The number of carbonyl (C=O) groups excluding carboxylic acids is 1. The Morgan fingerprint density at radius 3 is 2.59 bits per heavy atom. The van der Waals surface area contributed by atoms with Crippen molar-refractivity contribution < 1.29 is 23.6 Å². The van der Waals surface area contributed by atoms with E-state index in [1.165, 1.54) is 25.3 Å². The number of methoxy groups -OCH3 is 1. The third kappa shape index (κ3) is 3.68. The molecule has 146 valence electrons. The highest BCUT2D eigenvalue weighted by atomic mass is 16.6. The molecule has 0 aliphatic heterocycles. The zero-order chi connectivity index (χ0) is 20.4. The smallest absolute Gasteiger partial charge is 0.296 e. The van der Waals surface area contributed by atoms with Gasteiger partial charge in [-0.1, -0.05) is 18.2 Å². The fourth-order valence-corrected chi connectivity index (χ4v) is 3.03. The molecule has 0 spiro atoms. The highest BCUT2D eigenvalue weighted by molar-refractivity contribution is 6.05. The number of amides is 1. The second-order valence-corrected chi connectivity index (χ2v) is 6.23. The van der Waals surface area contributed by atoms with Crippen LogP contribution in [0.15, 0.2) is 65.1 Å². The molecule has 0 aliphatic rings. The molecule has 0 bridgehead atoms. The first kappa shape index (κ1) is 18.3. The molecule has 0 radical (unpaired) electrons. The van der Waals surface area contributed by atoms with E-state index >= 15 is 0 Å². The molecule has 1 N–H and O–H groups in total. The van der Waals surface area contributed by atoms with Crippen molar-refractivity contribution in [1.29, 1.82) is 0 Å². The van der Waals surface area contributed by atoms with Gasteiger partial charge in [0.1, 0.15) is 28.4 Å². The van der Waals surface area contributed by atoms with Gasteiger partial charge in [0.15, 0.2) is 6.61 Å². The molecule has 0 aliphatic carbocycles. The fraction of sp³-hybridized carbons (Fsp3) is 0.0952. The number of nitro benzene ring substituents is 1. The lowest BCUT2D eigenvalue weighted by Crippen LogP contribution is -2.20. The molecule has 0 atom stereocenters. The van der Waals surface area contributed by atoms with Crippen molar-refractivity contribution in [2.75, 3.05) is 19.0 Å². The first-order valence-corrected chi connectivity index (χ1v) is 8.71. The fourth-order valence-electron chi connectivity index (χ4n) is 3.03. The number of hydrogen-bond donors (Lipinski definition) is 1. The molecule has 1 amide bonds. The van der Waals surface area contributed by atoms with Crippen LogP contribution in [-0.2, 0) is 4.79 Å². The minimum Gasteiger partial charge on any atom is -0.496 e. The van der Waals surface area contributed by atoms with Gasteiger partial charge in [-0.05, 0) is 36.4 Å². The van der Waals surface area contributed by atoms with Crippen LogP contribution in [0.5, 0.6) is 11.5 Å². The van der Waals surface area contributed by atoms with Crippen LogP contribution in [0.25, 0.3) is 21.9 Å². The van der Waals surface area contributed by atoms with E-state index in [-0.39, 0.29) is 18.0 Å². The van der Waals surface area contributed by atoms with Gasteiger partial charge in [0, 0.05) is 10.8 Å². The maximum absolute atomic E-state index is 12.2. The van der Waals surface area contributed by atoms with Crippen LogP contribution < -0.4 is 14.8 Å². The third-order valence-corrected chi connectivity index (χ3v) is 4.39. The van der Waals surface area contributed by atoms with Crippen LogP contribution in [0.3, 0.4) is 0 Å². The van der Waals surface area contributed by atoms with E-state index in [0.717, 1.165) is 21.9 Å². The van der Waals surface area contributed by atoms with Crippen molar-refractivity contribution in [3.63, 3.8) is 0 Å². The predicted molar refractivity (Wildman–Crippen MR) is 107 cm³/mol. The molecule has 0 saturated carbocycles. The van der Waals surface area contributed by atoms with Crippen LogP contribution >= 0.6 is 0 Å². The Morgan fingerprint density at radius 2 is 1.79 bits per heavy atom. The number of nitrogens with zero attached hydrogens (tertiary/aromatic N) is 1. The van der Waals surface area contributed by atoms with Gasteiger partial charge in [0.25, 0.3) is 11.6 Å². The molecule has 1 aromatic heterocycles. The molecule has 0 saturated heterocycles. The van der Waals surface area contributed by atoms with Crippen LogP contribution in [-0.4, -0.2) is 24.5 Å². The SMILES string of the molecule is COc1ccc(NC(=O)COc2ccc3oc4ccccc4c3c2)c([N+](=O)[O-])c1. The summed E-state index contributed by atoms with van der Waals surface area (Å²) in [5.41, 5.74) is 1.30. The summed E-state index contributed by atoms with van der Waals surface area (Å²) < 4.78 is 16.3. The summed E-state index contributed by atoms with van der Waals surface area (Å²) >= 11 is 0. The van der Waals surface area contributed by atoms with Crippen molar-refractivity contribution in [2.24, 2.45) is 0 Å². The highest BCUT2D eigenvalue weighted by Crippen LogP contribution is 2.31. The quantitative estimate of drug-likeness (QED) is 0.382. The van der Waals surface area contributed by atoms with Gasteiger partial charge in [-0.2, -0.15) is 0 Å². The minimum atomic E-state index is -0.586. The summed E-state index contributed by atoms with van der Waals surface area (Å²) in [7, 11) is 1.41. The van der Waals surface area contributed by atoms with Crippen molar-refractivity contribution in [3.05, 3.63) is 70.8 Å². The van der Waals surface area contributed by atoms with Gasteiger partial charge in [-0.3, -0.25) is 14.9 Å². The van der Waals surface area contributed by atoms with Gasteiger partial charge in [0.2, 0.25) is 0 Å².